The molecule has 1 rings (SSSR count). The zero-order valence-corrected chi connectivity index (χ0v) is 9.86. The number of para-hydroxylation sites is 2. The highest BCUT2D eigenvalue weighted by atomic mass is 16.5. The molecule has 0 saturated carbocycles. The molecule has 0 spiro atoms. The minimum Gasteiger partial charge on any atom is -0.495 e. The number of nitrogens with one attached hydrogen (secondary N) is 1. The van der Waals surface area contributed by atoms with Crippen LogP contribution in [0.15, 0.2) is 24.3 Å². The van der Waals surface area contributed by atoms with E-state index in [0.29, 0.717) is 11.4 Å². The van der Waals surface area contributed by atoms with Gasteiger partial charge in [-0.15, -0.1) is 0 Å². The Bertz CT molecular complexity index is 364. The van der Waals surface area contributed by atoms with Crippen molar-refractivity contribution >= 4 is 11.6 Å². The molecule has 1 atom stereocenters. The van der Waals surface area contributed by atoms with E-state index in [1.54, 1.807) is 19.2 Å². The third kappa shape index (κ3) is 2.97. The summed E-state index contributed by atoms with van der Waals surface area (Å²) in [6.07, 6.45) is 0. The average Bonchev–Trinajstić information content (AvgIpc) is 2.28. The number of anilines is 1. The van der Waals surface area contributed by atoms with Crippen LogP contribution in [0, 0.1) is 5.92 Å². The first-order chi connectivity index (χ1) is 7.56. The molecule has 1 aromatic rings. The summed E-state index contributed by atoms with van der Waals surface area (Å²) in [5, 5.41) is 2.75. The van der Waals surface area contributed by atoms with Crippen LogP contribution in [0.25, 0.3) is 0 Å². The van der Waals surface area contributed by atoms with Gasteiger partial charge in [-0.3, -0.25) is 4.79 Å². The van der Waals surface area contributed by atoms with Gasteiger partial charge in [0.25, 0.3) is 0 Å². The molecule has 0 fully saturated rings. The molecule has 0 unspecified atom stereocenters. The SMILES string of the molecule is COc1ccccc1NC(=O)[C@@H](N)C(C)C. The Morgan fingerprint density at radius 1 is 1.38 bits per heavy atom. The number of benzene rings is 1. The summed E-state index contributed by atoms with van der Waals surface area (Å²) < 4.78 is 5.13. The summed E-state index contributed by atoms with van der Waals surface area (Å²) in [6, 6.07) is 6.74. The summed E-state index contributed by atoms with van der Waals surface area (Å²) in [7, 11) is 1.56. The van der Waals surface area contributed by atoms with Crippen LogP contribution < -0.4 is 15.8 Å². The third-order valence-electron chi connectivity index (χ3n) is 2.39. The van der Waals surface area contributed by atoms with Crippen molar-refractivity contribution in [2.45, 2.75) is 19.9 Å². The first kappa shape index (κ1) is 12.5. The molecule has 0 radical (unpaired) electrons. The highest BCUT2D eigenvalue weighted by molar-refractivity contribution is 5.96. The molecular formula is C12H18N2O2. The van der Waals surface area contributed by atoms with Crippen molar-refractivity contribution in [2.24, 2.45) is 11.7 Å². The summed E-state index contributed by atoms with van der Waals surface area (Å²) in [6.45, 7) is 3.82. The van der Waals surface area contributed by atoms with Gasteiger partial charge in [-0.2, -0.15) is 0 Å². The third-order valence-corrected chi connectivity index (χ3v) is 2.39. The molecule has 1 aromatic carbocycles. The molecule has 0 aromatic heterocycles. The molecule has 4 heteroatoms. The summed E-state index contributed by atoms with van der Waals surface area (Å²) >= 11 is 0. The number of carbonyl (C=O) groups excluding carboxylic acids is 1. The van der Waals surface area contributed by atoms with Gasteiger partial charge >= 0.3 is 0 Å². The highest BCUT2D eigenvalue weighted by Gasteiger charge is 2.18. The van der Waals surface area contributed by atoms with Crippen LogP contribution in [0.5, 0.6) is 5.75 Å². The topological polar surface area (TPSA) is 64.3 Å². The average molecular weight is 222 g/mol. The van der Waals surface area contributed by atoms with Crippen LogP contribution in [-0.4, -0.2) is 19.1 Å². The molecule has 16 heavy (non-hydrogen) atoms. The standard InChI is InChI=1S/C12H18N2O2/c1-8(2)11(13)12(15)14-9-6-4-5-7-10(9)16-3/h4-8,11H,13H2,1-3H3,(H,14,15)/t11-/m0/s1. The monoisotopic (exact) mass is 222 g/mol. The first-order valence-electron chi connectivity index (χ1n) is 5.25. The number of methoxy groups -OCH3 is 1. The second kappa shape index (κ2) is 5.51. The molecule has 0 saturated heterocycles. The van der Waals surface area contributed by atoms with Crippen molar-refractivity contribution in [3.63, 3.8) is 0 Å². The maximum atomic E-state index is 11.7. The predicted molar refractivity (Wildman–Crippen MR) is 64.4 cm³/mol. The Kier molecular flexibility index (Phi) is 4.31. The van der Waals surface area contributed by atoms with E-state index in [1.165, 1.54) is 0 Å². The van der Waals surface area contributed by atoms with Gasteiger partial charge in [-0.1, -0.05) is 26.0 Å². The van der Waals surface area contributed by atoms with Crippen LogP contribution in [0.1, 0.15) is 13.8 Å². The van der Waals surface area contributed by atoms with E-state index >= 15 is 0 Å². The maximum absolute atomic E-state index is 11.7. The lowest BCUT2D eigenvalue weighted by Crippen LogP contribution is -2.39. The van der Waals surface area contributed by atoms with Gasteiger partial charge in [0.2, 0.25) is 5.91 Å². The Hall–Kier alpha value is -1.55. The van der Waals surface area contributed by atoms with E-state index in [4.69, 9.17) is 10.5 Å². The fraction of sp³-hybridized carbons (Fsp3) is 0.417. The molecule has 4 nitrogen and oxygen atoms in total. The highest BCUT2D eigenvalue weighted by Crippen LogP contribution is 2.23. The Labute approximate surface area is 95.8 Å². The number of ether oxygens (including phenoxy) is 1. The molecule has 88 valence electrons. The number of nitrogens with two attached hydrogens (primary N) is 1. The zero-order chi connectivity index (χ0) is 12.1. The molecule has 0 aliphatic rings. The first-order valence-corrected chi connectivity index (χ1v) is 5.25. The van der Waals surface area contributed by atoms with Gasteiger partial charge in [0.1, 0.15) is 5.75 Å². The largest absolute Gasteiger partial charge is 0.495 e. The van der Waals surface area contributed by atoms with Crippen molar-refractivity contribution in [3.8, 4) is 5.75 Å². The maximum Gasteiger partial charge on any atom is 0.241 e. The van der Waals surface area contributed by atoms with Crippen molar-refractivity contribution < 1.29 is 9.53 Å². The molecule has 0 heterocycles. The number of rotatable bonds is 4. The van der Waals surface area contributed by atoms with Crippen LogP contribution in [0.2, 0.25) is 0 Å². The normalized spacial score (nSPS) is 12.3. The Balaban J connectivity index is 2.76. The quantitative estimate of drug-likeness (QED) is 0.813. The van der Waals surface area contributed by atoms with E-state index < -0.39 is 6.04 Å². The minimum atomic E-state index is -0.509. The van der Waals surface area contributed by atoms with Crippen LogP contribution in [-0.2, 0) is 4.79 Å². The van der Waals surface area contributed by atoms with Gasteiger partial charge in [0.05, 0.1) is 18.8 Å². The van der Waals surface area contributed by atoms with E-state index in [2.05, 4.69) is 5.32 Å². The molecule has 1 amide bonds. The Morgan fingerprint density at radius 2 is 2.00 bits per heavy atom. The van der Waals surface area contributed by atoms with Crippen LogP contribution in [0.3, 0.4) is 0 Å². The smallest absolute Gasteiger partial charge is 0.241 e. The summed E-state index contributed by atoms with van der Waals surface area (Å²) in [5.74, 6) is 0.543. The Morgan fingerprint density at radius 3 is 2.56 bits per heavy atom. The van der Waals surface area contributed by atoms with Crippen LogP contribution >= 0.6 is 0 Å². The molecule has 0 aliphatic heterocycles. The lowest BCUT2D eigenvalue weighted by atomic mass is 10.0. The zero-order valence-electron chi connectivity index (χ0n) is 9.86. The van der Waals surface area contributed by atoms with E-state index in [9.17, 15) is 4.79 Å². The van der Waals surface area contributed by atoms with Gasteiger partial charge in [0, 0.05) is 0 Å². The number of hydrogen-bond donors (Lipinski definition) is 2. The lowest BCUT2D eigenvalue weighted by Gasteiger charge is -2.16. The van der Waals surface area contributed by atoms with Crippen LogP contribution in [0.4, 0.5) is 5.69 Å². The fourth-order valence-electron chi connectivity index (χ4n) is 1.27. The number of carbonyl (C=O) groups is 1. The second-order valence-electron chi connectivity index (χ2n) is 3.96. The van der Waals surface area contributed by atoms with Crippen molar-refractivity contribution in [3.05, 3.63) is 24.3 Å². The van der Waals surface area contributed by atoms with Gasteiger partial charge in [-0.05, 0) is 18.1 Å². The number of hydrogen-bond acceptors (Lipinski definition) is 3. The molecule has 0 aliphatic carbocycles. The van der Waals surface area contributed by atoms with E-state index in [-0.39, 0.29) is 11.8 Å². The molecule has 3 N–H and O–H groups in total. The van der Waals surface area contributed by atoms with Gasteiger partial charge in [0.15, 0.2) is 0 Å². The van der Waals surface area contributed by atoms with Crippen molar-refractivity contribution in [2.75, 3.05) is 12.4 Å². The van der Waals surface area contributed by atoms with Crippen molar-refractivity contribution in [1.82, 2.24) is 0 Å². The number of amides is 1. The molecular weight excluding hydrogens is 204 g/mol. The van der Waals surface area contributed by atoms with Gasteiger partial charge in [-0.25, -0.2) is 0 Å². The van der Waals surface area contributed by atoms with E-state index in [0.717, 1.165) is 0 Å². The lowest BCUT2D eigenvalue weighted by molar-refractivity contribution is -0.118. The predicted octanol–water partition coefficient (Wildman–Crippen LogP) is 1.62. The summed E-state index contributed by atoms with van der Waals surface area (Å²) in [5.41, 5.74) is 6.39. The summed E-state index contributed by atoms with van der Waals surface area (Å²) in [4.78, 5) is 11.7. The minimum absolute atomic E-state index is 0.106. The fourth-order valence-corrected chi connectivity index (χ4v) is 1.27. The second-order valence-corrected chi connectivity index (χ2v) is 3.96. The molecule has 0 bridgehead atoms. The van der Waals surface area contributed by atoms with Gasteiger partial charge < -0.3 is 15.8 Å². The van der Waals surface area contributed by atoms with Crippen molar-refractivity contribution in [1.29, 1.82) is 0 Å². The van der Waals surface area contributed by atoms with E-state index in [1.807, 2.05) is 26.0 Å².